The molecule has 0 saturated carbocycles. The van der Waals surface area contributed by atoms with E-state index in [2.05, 4.69) is 43.4 Å². The average molecular weight is 386 g/mol. The molecule has 0 fully saturated rings. The number of halogens is 1. The van der Waals surface area contributed by atoms with Crippen molar-refractivity contribution in [3.63, 3.8) is 0 Å². The average Bonchev–Trinajstić information content (AvgIpc) is 2.96. The van der Waals surface area contributed by atoms with Gasteiger partial charge >= 0.3 is 6.03 Å². The molecular weight excluding hydrogens is 371 g/mol. The highest BCUT2D eigenvalue weighted by Gasteiger charge is 2.13. The second kappa shape index (κ2) is 7.25. The summed E-state index contributed by atoms with van der Waals surface area (Å²) in [5.41, 5.74) is 3.84. The van der Waals surface area contributed by atoms with Crippen LogP contribution in [0.4, 0.5) is 10.5 Å². The summed E-state index contributed by atoms with van der Waals surface area (Å²) in [5.74, 6) is 0. The molecule has 1 aromatic heterocycles. The lowest BCUT2D eigenvalue weighted by atomic mass is 10.2. The van der Waals surface area contributed by atoms with Gasteiger partial charge in [0.05, 0.1) is 12.0 Å². The lowest BCUT2D eigenvalue weighted by Crippen LogP contribution is -2.30. The summed E-state index contributed by atoms with van der Waals surface area (Å²) in [5, 5.41) is 2.69. The number of rotatable bonds is 5. The van der Waals surface area contributed by atoms with Gasteiger partial charge < -0.3 is 10.3 Å². The van der Waals surface area contributed by atoms with Gasteiger partial charge in [0, 0.05) is 15.5 Å². The Morgan fingerprint density at radius 2 is 2.20 bits per heavy atom. The number of hydrogen-bond donors (Lipinski definition) is 3. The smallest absolute Gasteiger partial charge is 0.343 e. The Balaban J connectivity index is 1.84. The van der Waals surface area contributed by atoms with Crippen molar-refractivity contribution in [1.82, 2.24) is 15.4 Å². The van der Waals surface area contributed by atoms with Gasteiger partial charge in [-0.25, -0.2) is 15.3 Å². The molecule has 1 heterocycles. The minimum absolute atomic E-state index is 0.274. The third kappa shape index (κ3) is 4.20. The van der Waals surface area contributed by atoms with Crippen molar-refractivity contribution in [1.29, 1.82) is 0 Å². The number of carbonyl (C=O) groups excluding carboxylic acids is 1. The predicted octanol–water partition coefficient (Wildman–Crippen LogP) is 3.22. The molecule has 1 aromatic carbocycles. The summed E-state index contributed by atoms with van der Waals surface area (Å²) >= 11 is 2.20. The van der Waals surface area contributed by atoms with Gasteiger partial charge in [-0.2, -0.15) is 0 Å². The number of aromatic nitrogens is 2. The standard InChI is InChI=1S/C13H15IN4O2/c1-2-12(11-7-15-8-16-11)20-18-13(19)17-10-5-3-9(14)4-6-10/h3-8,12H,2H2,1H3,(H,15,16)(H2,17,18,19). The van der Waals surface area contributed by atoms with Gasteiger partial charge in [-0.1, -0.05) is 6.92 Å². The number of aromatic amines is 1. The van der Waals surface area contributed by atoms with E-state index in [0.717, 1.165) is 9.26 Å². The van der Waals surface area contributed by atoms with Gasteiger partial charge in [0.15, 0.2) is 0 Å². The van der Waals surface area contributed by atoms with Crippen molar-refractivity contribution in [3.8, 4) is 0 Å². The van der Waals surface area contributed by atoms with Crippen molar-refractivity contribution in [2.24, 2.45) is 0 Å². The highest BCUT2D eigenvalue weighted by atomic mass is 127. The number of carbonyl (C=O) groups is 1. The van der Waals surface area contributed by atoms with E-state index in [9.17, 15) is 4.79 Å². The molecule has 3 N–H and O–H groups in total. The quantitative estimate of drug-likeness (QED) is 0.546. The number of amides is 2. The van der Waals surface area contributed by atoms with Crippen LogP contribution >= 0.6 is 22.6 Å². The minimum Gasteiger partial charge on any atom is -0.351 e. The first kappa shape index (κ1) is 14.8. The monoisotopic (exact) mass is 386 g/mol. The van der Waals surface area contributed by atoms with E-state index in [4.69, 9.17) is 4.84 Å². The van der Waals surface area contributed by atoms with Gasteiger partial charge in [-0.05, 0) is 53.3 Å². The zero-order chi connectivity index (χ0) is 14.4. The number of hydroxylamine groups is 1. The van der Waals surface area contributed by atoms with Gasteiger partial charge in [0.2, 0.25) is 0 Å². The molecule has 20 heavy (non-hydrogen) atoms. The van der Waals surface area contributed by atoms with E-state index in [1.807, 2.05) is 31.2 Å². The second-order valence-electron chi connectivity index (χ2n) is 4.07. The number of nitrogens with zero attached hydrogens (tertiary/aromatic N) is 1. The molecular formula is C13H15IN4O2. The van der Waals surface area contributed by atoms with Gasteiger partial charge in [0.25, 0.3) is 0 Å². The number of H-pyrrole nitrogens is 1. The molecule has 0 bridgehead atoms. The van der Waals surface area contributed by atoms with Gasteiger partial charge in [-0.3, -0.25) is 4.84 Å². The van der Waals surface area contributed by atoms with Crippen LogP contribution in [0.2, 0.25) is 0 Å². The Hall–Kier alpha value is -1.61. The number of anilines is 1. The first-order chi connectivity index (χ1) is 9.69. The van der Waals surface area contributed by atoms with Crippen molar-refractivity contribution in [3.05, 3.63) is 46.1 Å². The maximum atomic E-state index is 11.7. The highest BCUT2D eigenvalue weighted by Crippen LogP contribution is 2.16. The molecule has 1 atom stereocenters. The first-order valence-corrected chi connectivity index (χ1v) is 7.23. The first-order valence-electron chi connectivity index (χ1n) is 6.16. The topological polar surface area (TPSA) is 79.0 Å². The summed E-state index contributed by atoms with van der Waals surface area (Å²) < 4.78 is 1.11. The molecule has 0 spiro atoms. The van der Waals surface area contributed by atoms with Crippen LogP contribution in [0.15, 0.2) is 36.8 Å². The number of nitrogens with one attached hydrogen (secondary N) is 3. The summed E-state index contributed by atoms with van der Waals surface area (Å²) in [4.78, 5) is 24.0. The minimum atomic E-state index is -0.416. The molecule has 7 heteroatoms. The fourth-order valence-corrected chi connectivity index (χ4v) is 1.97. The Morgan fingerprint density at radius 3 is 2.80 bits per heavy atom. The van der Waals surface area contributed by atoms with E-state index in [0.29, 0.717) is 12.1 Å². The van der Waals surface area contributed by atoms with Crippen LogP contribution in [0.3, 0.4) is 0 Å². The maximum absolute atomic E-state index is 11.7. The highest BCUT2D eigenvalue weighted by molar-refractivity contribution is 14.1. The molecule has 0 aliphatic carbocycles. The lowest BCUT2D eigenvalue weighted by Gasteiger charge is -2.14. The number of urea groups is 1. The molecule has 2 rings (SSSR count). The summed E-state index contributed by atoms with van der Waals surface area (Å²) in [7, 11) is 0. The predicted molar refractivity (Wildman–Crippen MR) is 84.0 cm³/mol. The summed E-state index contributed by atoms with van der Waals surface area (Å²) in [6.45, 7) is 1.96. The molecule has 0 aliphatic rings. The Kier molecular flexibility index (Phi) is 5.36. The maximum Gasteiger partial charge on any atom is 0.343 e. The third-order valence-corrected chi connectivity index (χ3v) is 3.34. The van der Waals surface area contributed by atoms with Crippen molar-refractivity contribution >= 4 is 34.3 Å². The molecule has 106 valence electrons. The van der Waals surface area contributed by atoms with Gasteiger partial charge in [-0.15, -0.1) is 0 Å². The van der Waals surface area contributed by atoms with Crippen LogP contribution in [-0.2, 0) is 4.84 Å². The molecule has 6 nitrogen and oxygen atoms in total. The Bertz CT molecular complexity index is 542. The van der Waals surface area contributed by atoms with Crippen molar-refractivity contribution in [2.45, 2.75) is 19.4 Å². The zero-order valence-corrected chi connectivity index (χ0v) is 13.0. The zero-order valence-electron chi connectivity index (χ0n) is 10.9. The fraction of sp³-hybridized carbons (Fsp3) is 0.231. The summed E-state index contributed by atoms with van der Waals surface area (Å²) in [6, 6.07) is 7.06. The van der Waals surface area contributed by atoms with E-state index >= 15 is 0 Å². The molecule has 0 aliphatic heterocycles. The summed E-state index contributed by atoms with van der Waals surface area (Å²) in [6.07, 6.45) is 3.75. The molecule has 1 unspecified atom stereocenters. The molecule has 2 amide bonds. The van der Waals surface area contributed by atoms with Crippen LogP contribution in [0, 0.1) is 3.57 Å². The van der Waals surface area contributed by atoms with Gasteiger partial charge in [0.1, 0.15) is 6.10 Å². The van der Waals surface area contributed by atoms with Crippen LogP contribution in [0.1, 0.15) is 25.1 Å². The lowest BCUT2D eigenvalue weighted by molar-refractivity contribution is -0.00661. The van der Waals surface area contributed by atoms with Crippen LogP contribution in [0.5, 0.6) is 0 Å². The van der Waals surface area contributed by atoms with E-state index in [-0.39, 0.29) is 6.10 Å². The normalized spacial score (nSPS) is 11.9. The largest absolute Gasteiger partial charge is 0.351 e. The van der Waals surface area contributed by atoms with Crippen LogP contribution < -0.4 is 10.8 Å². The van der Waals surface area contributed by atoms with E-state index in [1.165, 1.54) is 0 Å². The molecule has 0 radical (unpaired) electrons. The number of imidazole rings is 1. The fourth-order valence-electron chi connectivity index (χ4n) is 1.62. The molecule has 2 aromatic rings. The van der Waals surface area contributed by atoms with Crippen LogP contribution in [0.25, 0.3) is 0 Å². The molecule has 0 saturated heterocycles. The van der Waals surface area contributed by atoms with Crippen molar-refractivity contribution in [2.75, 3.05) is 5.32 Å². The number of benzene rings is 1. The van der Waals surface area contributed by atoms with Crippen LogP contribution in [-0.4, -0.2) is 16.0 Å². The van der Waals surface area contributed by atoms with E-state index < -0.39 is 6.03 Å². The number of hydrogen-bond acceptors (Lipinski definition) is 3. The van der Waals surface area contributed by atoms with E-state index in [1.54, 1.807) is 12.5 Å². The Labute approximate surface area is 130 Å². The van der Waals surface area contributed by atoms with Crippen molar-refractivity contribution < 1.29 is 9.63 Å². The SMILES string of the molecule is CCC(ONC(=O)Nc1ccc(I)cc1)c1c[nH]cn1. The third-order valence-electron chi connectivity index (χ3n) is 2.62. The Morgan fingerprint density at radius 1 is 1.45 bits per heavy atom. The second-order valence-corrected chi connectivity index (χ2v) is 5.32.